The second kappa shape index (κ2) is 4.75. The van der Waals surface area contributed by atoms with E-state index < -0.39 is 11.5 Å². The van der Waals surface area contributed by atoms with Gasteiger partial charge in [0.2, 0.25) is 0 Å². The lowest BCUT2D eigenvalue weighted by Gasteiger charge is -2.28. The van der Waals surface area contributed by atoms with Gasteiger partial charge in [0.25, 0.3) is 0 Å². The molecule has 1 fully saturated rings. The number of rotatable bonds is 3. The van der Waals surface area contributed by atoms with Crippen molar-refractivity contribution in [1.82, 2.24) is 10.2 Å². The predicted octanol–water partition coefficient (Wildman–Crippen LogP) is 0.535. The number of carboxylic acid groups (broad SMARTS) is 1. The molecule has 0 saturated carbocycles. The molecule has 0 aromatic rings. The molecule has 0 aliphatic carbocycles. The minimum Gasteiger partial charge on any atom is -0.480 e. The third kappa shape index (κ3) is 2.45. The smallest absolute Gasteiger partial charge is 0.323 e. The normalized spacial score (nSPS) is 29.9. The summed E-state index contributed by atoms with van der Waals surface area (Å²) in [4.78, 5) is 13.4. The van der Waals surface area contributed by atoms with Gasteiger partial charge in [0.1, 0.15) is 5.54 Å². The Hall–Kier alpha value is -0.610. The highest BCUT2D eigenvalue weighted by Gasteiger charge is 2.38. The molecule has 14 heavy (non-hydrogen) atoms. The fourth-order valence-electron chi connectivity index (χ4n) is 2.07. The van der Waals surface area contributed by atoms with E-state index in [0.717, 1.165) is 32.5 Å². The molecule has 1 atom stereocenters. The highest BCUT2D eigenvalue weighted by molar-refractivity contribution is 5.78. The number of likely N-dealkylation sites (N-methyl/N-ethyl adjacent to an activating group) is 1. The van der Waals surface area contributed by atoms with Crippen LogP contribution in [0.2, 0.25) is 0 Å². The van der Waals surface area contributed by atoms with Crippen LogP contribution in [0.3, 0.4) is 0 Å². The predicted molar refractivity (Wildman–Crippen MR) is 55.4 cm³/mol. The van der Waals surface area contributed by atoms with Crippen molar-refractivity contribution >= 4 is 5.97 Å². The molecule has 0 aromatic carbocycles. The van der Waals surface area contributed by atoms with Crippen molar-refractivity contribution in [2.45, 2.75) is 31.7 Å². The molecule has 0 radical (unpaired) electrons. The Morgan fingerprint density at radius 1 is 1.50 bits per heavy atom. The third-order valence-electron chi connectivity index (χ3n) is 2.99. The Bertz CT molecular complexity index is 208. The summed E-state index contributed by atoms with van der Waals surface area (Å²) in [6.45, 7) is 4.54. The van der Waals surface area contributed by atoms with Crippen molar-refractivity contribution in [2.24, 2.45) is 0 Å². The number of carbonyl (C=O) groups is 1. The van der Waals surface area contributed by atoms with Crippen LogP contribution in [0.4, 0.5) is 0 Å². The second-order valence-electron chi connectivity index (χ2n) is 4.07. The number of hydrogen-bond donors (Lipinski definition) is 2. The summed E-state index contributed by atoms with van der Waals surface area (Å²) in [6, 6.07) is 0. The van der Waals surface area contributed by atoms with Gasteiger partial charge in [0.15, 0.2) is 0 Å². The zero-order valence-corrected chi connectivity index (χ0v) is 9.05. The molecule has 1 heterocycles. The van der Waals surface area contributed by atoms with E-state index in [1.807, 2.05) is 14.0 Å². The van der Waals surface area contributed by atoms with Gasteiger partial charge in [-0.3, -0.25) is 4.79 Å². The average molecular weight is 200 g/mol. The minimum absolute atomic E-state index is 0.681. The minimum atomic E-state index is -0.699. The summed E-state index contributed by atoms with van der Waals surface area (Å²) in [5.41, 5.74) is -0.681. The number of likely N-dealkylation sites (tertiary alicyclic amines) is 1. The van der Waals surface area contributed by atoms with E-state index in [4.69, 9.17) is 0 Å². The fourth-order valence-corrected chi connectivity index (χ4v) is 2.07. The summed E-state index contributed by atoms with van der Waals surface area (Å²) in [5, 5.41) is 12.4. The molecular formula is C10H20N2O2. The van der Waals surface area contributed by atoms with E-state index in [0.29, 0.717) is 6.42 Å². The first-order valence-corrected chi connectivity index (χ1v) is 5.28. The van der Waals surface area contributed by atoms with E-state index in [1.165, 1.54) is 0 Å². The van der Waals surface area contributed by atoms with Crippen LogP contribution in [0.5, 0.6) is 0 Å². The first kappa shape index (κ1) is 11.5. The van der Waals surface area contributed by atoms with Gasteiger partial charge >= 0.3 is 5.97 Å². The van der Waals surface area contributed by atoms with Gasteiger partial charge < -0.3 is 15.3 Å². The van der Waals surface area contributed by atoms with E-state index >= 15 is 0 Å². The maximum Gasteiger partial charge on any atom is 0.323 e. The van der Waals surface area contributed by atoms with Crippen LogP contribution in [0, 0.1) is 0 Å². The molecule has 1 aliphatic rings. The standard InChI is InChI=1S/C10H20N2O2/c1-3-11-10(9(13)14)5-4-7-12(2)8-6-10/h11H,3-8H2,1-2H3,(H,13,14). The molecule has 2 N–H and O–H groups in total. The fraction of sp³-hybridized carbons (Fsp3) is 0.900. The topological polar surface area (TPSA) is 52.6 Å². The quantitative estimate of drug-likeness (QED) is 0.698. The molecule has 1 unspecified atom stereocenters. The van der Waals surface area contributed by atoms with Gasteiger partial charge in [0.05, 0.1) is 0 Å². The Morgan fingerprint density at radius 3 is 2.79 bits per heavy atom. The van der Waals surface area contributed by atoms with Crippen molar-refractivity contribution in [3.8, 4) is 0 Å². The number of hydrogen-bond acceptors (Lipinski definition) is 3. The third-order valence-corrected chi connectivity index (χ3v) is 2.99. The summed E-state index contributed by atoms with van der Waals surface area (Å²) in [5.74, 6) is -0.699. The Kier molecular flexibility index (Phi) is 3.89. The molecule has 82 valence electrons. The summed E-state index contributed by atoms with van der Waals surface area (Å²) in [7, 11) is 2.05. The summed E-state index contributed by atoms with van der Waals surface area (Å²) >= 11 is 0. The van der Waals surface area contributed by atoms with E-state index in [-0.39, 0.29) is 0 Å². The number of aliphatic carboxylic acids is 1. The average Bonchev–Trinajstić information content (AvgIpc) is 2.30. The molecule has 4 heteroatoms. The molecule has 0 bridgehead atoms. The Balaban J connectivity index is 2.70. The number of nitrogens with zero attached hydrogens (tertiary/aromatic N) is 1. The van der Waals surface area contributed by atoms with Gasteiger partial charge in [-0.15, -0.1) is 0 Å². The molecule has 4 nitrogen and oxygen atoms in total. The lowest BCUT2D eigenvalue weighted by atomic mass is 9.90. The van der Waals surface area contributed by atoms with Gasteiger partial charge in [-0.25, -0.2) is 0 Å². The highest BCUT2D eigenvalue weighted by atomic mass is 16.4. The van der Waals surface area contributed by atoms with Crippen LogP contribution < -0.4 is 5.32 Å². The molecule has 1 aliphatic heterocycles. The molecule has 0 spiro atoms. The van der Waals surface area contributed by atoms with Crippen LogP contribution >= 0.6 is 0 Å². The lowest BCUT2D eigenvalue weighted by molar-refractivity contribution is -0.145. The van der Waals surface area contributed by atoms with Crippen molar-refractivity contribution in [1.29, 1.82) is 0 Å². The van der Waals surface area contributed by atoms with Crippen molar-refractivity contribution in [3.63, 3.8) is 0 Å². The van der Waals surface area contributed by atoms with Crippen molar-refractivity contribution in [2.75, 3.05) is 26.7 Å². The summed E-state index contributed by atoms with van der Waals surface area (Å²) in [6.07, 6.45) is 2.39. The van der Waals surface area contributed by atoms with Crippen LogP contribution in [0.1, 0.15) is 26.2 Å². The monoisotopic (exact) mass is 200 g/mol. The maximum absolute atomic E-state index is 11.2. The Labute approximate surface area is 85.3 Å². The van der Waals surface area contributed by atoms with Gasteiger partial charge in [-0.2, -0.15) is 0 Å². The maximum atomic E-state index is 11.2. The van der Waals surface area contributed by atoms with Gasteiger partial charge in [-0.05, 0) is 39.4 Å². The van der Waals surface area contributed by atoms with Crippen LogP contribution in [-0.2, 0) is 4.79 Å². The lowest BCUT2D eigenvalue weighted by Crippen LogP contribution is -2.52. The molecule has 0 amide bonds. The molecular weight excluding hydrogens is 180 g/mol. The van der Waals surface area contributed by atoms with Crippen LogP contribution in [0.25, 0.3) is 0 Å². The van der Waals surface area contributed by atoms with E-state index in [1.54, 1.807) is 0 Å². The van der Waals surface area contributed by atoms with Crippen LogP contribution in [-0.4, -0.2) is 48.2 Å². The molecule has 1 rings (SSSR count). The summed E-state index contributed by atoms with van der Waals surface area (Å²) < 4.78 is 0. The SMILES string of the molecule is CCNC1(C(=O)O)CCCN(C)CC1. The van der Waals surface area contributed by atoms with E-state index in [2.05, 4.69) is 10.2 Å². The number of carboxylic acids is 1. The first-order chi connectivity index (χ1) is 6.60. The van der Waals surface area contributed by atoms with Crippen molar-refractivity contribution < 1.29 is 9.90 Å². The zero-order chi connectivity index (χ0) is 10.6. The largest absolute Gasteiger partial charge is 0.480 e. The number of nitrogens with one attached hydrogen (secondary N) is 1. The zero-order valence-electron chi connectivity index (χ0n) is 9.05. The van der Waals surface area contributed by atoms with Crippen LogP contribution in [0.15, 0.2) is 0 Å². The van der Waals surface area contributed by atoms with Gasteiger partial charge in [-0.1, -0.05) is 6.92 Å². The van der Waals surface area contributed by atoms with E-state index in [9.17, 15) is 9.90 Å². The van der Waals surface area contributed by atoms with Gasteiger partial charge in [0, 0.05) is 6.54 Å². The first-order valence-electron chi connectivity index (χ1n) is 5.28. The second-order valence-corrected chi connectivity index (χ2v) is 4.07. The molecule has 1 saturated heterocycles. The Morgan fingerprint density at radius 2 is 2.21 bits per heavy atom. The molecule has 0 aromatic heterocycles. The van der Waals surface area contributed by atoms with Crippen molar-refractivity contribution in [3.05, 3.63) is 0 Å². The highest BCUT2D eigenvalue weighted by Crippen LogP contribution is 2.22.